The van der Waals surface area contributed by atoms with Crippen molar-refractivity contribution in [2.24, 2.45) is 5.84 Å². The molecule has 4 nitrogen and oxygen atoms in total. The minimum absolute atomic E-state index is 0.370. The molecule has 0 aromatic heterocycles. The van der Waals surface area contributed by atoms with Gasteiger partial charge in [0.2, 0.25) is 0 Å². The van der Waals surface area contributed by atoms with E-state index in [1.165, 1.54) is 5.56 Å². The van der Waals surface area contributed by atoms with Crippen LogP contribution in [0.25, 0.3) is 0 Å². The monoisotopic (exact) mass is 193 g/mol. The maximum absolute atomic E-state index is 10.8. The van der Waals surface area contributed by atoms with Crippen LogP contribution in [0.4, 0.5) is 4.79 Å². The lowest BCUT2D eigenvalue weighted by atomic mass is 10.1. The van der Waals surface area contributed by atoms with Gasteiger partial charge in [0.1, 0.15) is 0 Å². The standard InChI is InChI=1S/C10H15N3O/c1-7-3-4-8(2)9(5-7)6-12-10(14)13-11/h3-5H,6,11H2,1-2H3,(H2,12,13,14). The van der Waals surface area contributed by atoms with Gasteiger partial charge in [-0.25, -0.2) is 10.6 Å². The van der Waals surface area contributed by atoms with Crippen LogP contribution in [0.5, 0.6) is 0 Å². The van der Waals surface area contributed by atoms with E-state index >= 15 is 0 Å². The third kappa shape index (κ3) is 2.74. The predicted molar refractivity (Wildman–Crippen MR) is 55.5 cm³/mol. The Morgan fingerprint density at radius 3 is 2.79 bits per heavy atom. The van der Waals surface area contributed by atoms with Crippen LogP contribution in [0.2, 0.25) is 0 Å². The van der Waals surface area contributed by atoms with Gasteiger partial charge >= 0.3 is 6.03 Å². The smallest absolute Gasteiger partial charge is 0.329 e. The molecule has 0 aliphatic carbocycles. The van der Waals surface area contributed by atoms with Crippen LogP contribution in [-0.4, -0.2) is 6.03 Å². The summed E-state index contributed by atoms with van der Waals surface area (Å²) in [5, 5.41) is 2.64. The first-order valence-corrected chi connectivity index (χ1v) is 4.44. The number of aryl methyl sites for hydroxylation is 2. The summed E-state index contributed by atoms with van der Waals surface area (Å²) in [6.07, 6.45) is 0. The second-order valence-electron chi connectivity index (χ2n) is 3.26. The molecule has 0 fully saturated rings. The van der Waals surface area contributed by atoms with Crippen molar-refractivity contribution >= 4 is 6.03 Å². The SMILES string of the molecule is Cc1ccc(C)c(CNC(=O)NN)c1. The van der Waals surface area contributed by atoms with Gasteiger partial charge in [-0.15, -0.1) is 0 Å². The van der Waals surface area contributed by atoms with Gasteiger partial charge in [-0.3, -0.25) is 5.43 Å². The highest BCUT2D eigenvalue weighted by atomic mass is 16.2. The number of nitrogens with one attached hydrogen (secondary N) is 2. The first kappa shape index (κ1) is 10.5. The topological polar surface area (TPSA) is 67.2 Å². The average molecular weight is 193 g/mol. The molecule has 0 unspecified atom stereocenters. The molecule has 0 radical (unpaired) electrons. The Morgan fingerprint density at radius 2 is 2.14 bits per heavy atom. The Morgan fingerprint density at radius 1 is 1.43 bits per heavy atom. The fourth-order valence-corrected chi connectivity index (χ4v) is 1.22. The number of nitrogens with two attached hydrogens (primary N) is 1. The summed E-state index contributed by atoms with van der Waals surface area (Å²) in [6.45, 7) is 4.53. The number of hydrogen-bond donors (Lipinski definition) is 3. The van der Waals surface area contributed by atoms with Gasteiger partial charge < -0.3 is 5.32 Å². The van der Waals surface area contributed by atoms with E-state index < -0.39 is 0 Å². The molecular formula is C10H15N3O. The Kier molecular flexibility index (Phi) is 3.48. The molecule has 0 spiro atoms. The number of hydrazine groups is 1. The van der Waals surface area contributed by atoms with Crippen molar-refractivity contribution in [2.45, 2.75) is 20.4 Å². The second-order valence-corrected chi connectivity index (χ2v) is 3.26. The van der Waals surface area contributed by atoms with Crippen molar-refractivity contribution in [1.82, 2.24) is 10.7 Å². The molecule has 1 rings (SSSR count). The van der Waals surface area contributed by atoms with E-state index in [0.717, 1.165) is 11.1 Å². The Balaban J connectivity index is 2.66. The van der Waals surface area contributed by atoms with E-state index in [4.69, 9.17) is 5.84 Å². The molecule has 0 bridgehead atoms. The first-order chi connectivity index (χ1) is 6.63. The molecule has 1 aromatic rings. The number of hydrogen-bond acceptors (Lipinski definition) is 2. The van der Waals surface area contributed by atoms with Crippen LogP contribution < -0.4 is 16.6 Å². The number of urea groups is 1. The summed E-state index contributed by atoms with van der Waals surface area (Å²) in [4.78, 5) is 10.8. The summed E-state index contributed by atoms with van der Waals surface area (Å²) < 4.78 is 0. The van der Waals surface area contributed by atoms with Crippen molar-refractivity contribution in [3.05, 3.63) is 34.9 Å². The van der Waals surface area contributed by atoms with Gasteiger partial charge in [-0.2, -0.15) is 0 Å². The lowest BCUT2D eigenvalue weighted by Gasteiger charge is -2.08. The minimum atomic E-state index is -0.370. The third-order valence-electron chi connectivity index (χ3n) is 2.08. The van der Waals surface area contributed by atoms with Gasteiger partial charge in [-0.1, -0.05) is 23.8 Å². The van der Waals surface area contributed by atoms with E-state index in [1.807, 2.05) is 37.5 Å². The van der Waals surface area contributed by atoms with Gasteiger partial charge in [0, 0.05) is 6.54 Å². The summed E-state index contributed by atoms with van der Waals surface area (Å²) in [6, 6.07) is 5.76. The molecule has 2 amide bonds. The number of carbonyl (C=O) groups is 1. The van der Waals surface area contributed by atoms with Crippen LogP contribution in [0.1, 0.15) is 16.7 Å². The Labute approximate surface area is 83.5 Å². The van der Waals surface area contributed by atoms with Crippen molar-refractivity contribution in [2.75, 3.05) is 0 Å². The number of carbonyl (C=O) groups excluding carboxylic acids is 1. The summed E-state index contributed by atoms with van der Waals surface area (Å²) in [5.41, 5.74) is 5.47. The van der Waals surface area contributed by atoms with E-state index in [2.05, 4.69) is 5.32 Å². The third-order valence-corrected chi connectivity index (χ3v) is 2.08. The molecular weight excluding hydrogens is 178 g/mol. The summed E-state index contributed by atoms with van der Waals surface area (Å²) in [5.74, 6) is 4.94. The molecule has 0 heterocycles. The maximum atomic E-state index is 10.8. The Bertz CT molecular complexity index is 336. The lowest BCUT2D eigenvalue weighted by Crippen LogP contribution is -2.39. The molecule has 14 heavy (non-hydrogen) atoms. The van der Waals surface area contributed by atoms with Gasteiger partial charge in [0.05, 0.1) is 0 Å². The molecule has 0 atom stereocenters. The van der Waals surface area contributed by atoms with Crippen LogP contribution >= 0.6 is 0 Å². The van der Waals surface area contributed by atoms with E-state index in [9.17, 15) is 4.79 Å². The summed E-state index contributed by atoms with van der Waals surface area (Å²) >= 11 is 0. The highest BCUT2D eigenvalue weighted by molar-refractivity contribution is 5.73. The quantitative estimate of drug-likeness (QED) is 0.372. The van der Waals surface area contributed by atoms with Gasteiger partial charge in [-0.05, 0) is 25.0 Å². The molecule has 0 saturated carbocycles. The normalized spacial score (nSPS) is 9.64. The largest absolute Gasteiger partial charge is 0.333 e. The average Bonchev–Trinajstić information content (AvgIpc) is 2.19. The molecule has 4 N–H and O–H groups in total. The van der Waals surface area contributed by atoms with Crippen LogP contribution in [0.15, 0.2) is 18.2 Å². The predicted octanol–water partition coefficient (Wildman–Crippen LogP) is 0.976. The van der Waals surface area contributed by atoms with Crippen molar-refractivity contribution < 1.29 is 4.79 Å². The zero-order valence-electron chi connectivity index (χ0n) is 8.42. The molecule has 0 saturated heterocycles. The lowest BCUT2D eigenvalue weighted by molar-refractivity contribution is 0.241. The van der Waals surface area contributed by atoms with Gasteiger partial charge in [0.15, 0.2) is 0 Å². The van der Waals surface area contributed by atoms with E-state index in [-0.39, 0.29) is 6.03 Å². The van der Waals surface area contributed by atoms with E-state index in [1.54, 1.807) is 0 Å². The highest BCUT2D eigenvalue weighted by Crippen LogP contribution is 2.09. The van der Waals surface area contributed by atoms with Crippen LogP contribution in [-0.2, 0) is 6.54 Å². The minimum Gasteiger partial charge on any atom is -0.333 e. The molecule has 76 valence electrons. The maximum Gasteiger partial charge on any atom is 0.329 e. The molecule has 0 aliphatic rings. The highest BCUT2D eigenvalue weighted by Gasteiger charge is 2.00. The first-order valence-electron chi connectivity index (χ1n) is 4.44. The van der Waals surface area contributed by atoms with Crippen LogP contribution in [0.3, 0.4) is 0 Å². The van der Waals surface area contributed by atoms with Crippen molar-refractivity contribution in [1.29, 1.82) is 0 Å². The van der Waals surface area contributed by atoms with Crippen molar-refractivity contribution in [3.8, 4) is 0 Å². The molecule has 0 aliphatic heterocycles. The Hall–Kier alpha value is -1.55. The number of benzene rings is 1. The zero-order chi connectivity index (χ0) is 10.6. The zero-order valence-corrected chi connectivity index (χ0v) is 8.42. The second kappa shape index (κ2) is 4.62. The van der Waals surface area contributed by atoms with Crippen LogP contribution in [0, 0.1) is 13.8 Å². The molecule has 1 aromatic carbocycles. The van der Waals surface area contributed by atoms with E-state index in [0.29, 0.717) is 6.54 Å². The number of rotatable bonds is 2. The number of amides is 2. The fourth-order valence-electron chi connectivity index (χ4n) is 1.22. The fraction of sp³-hybridized carbons (Fsp3) is 0.300. The van der Waals surface area contributed by atoms with Gasteiger partial charge in [0.25, 0.3) is 0 Å². The summed E-state index contributed by atoms with van der Waals surface area (Å²) in [7, 11) is 0. The molecule has 4 heteroatoms. The van der Waals surface area contributed by atoms with Crippen molar-refractivity contribution in [3.63, 3.8) is 0 Å².